The lowest BCUT2D eigenvalue weighted by Crippen LogP contribution is -2.53. The van der Waals surface area contributed by atoms with Gasteiger partial charge in [-0.1, -0.05) is 18.6 Å². The molecule has 160 valence electrons. The minimum absolute atomic E-state index is 0.0125. The Morgan fingerprint density at radius 2 is 1.86 bits per heavy atom. The molecule has 0 radical (unpaired) electrons. The first kappa shape index (κ1) is 20.4. The zero-order valence-corrected chi connectivity index (χ0v) is 17.7. The Morgan fingerprint density at radius 1 is 1.10 bits per heavy atom. The van der Waals surface area contributed by atoms with Crippen molar-refractivity contribution in [3.05, 3.63) is 11.6 Å². The third kappa shape index (κ3) is 3.28. The fourth-order valence-electron chi connectivity index (χ4n) is 7.36. The van der Waals surface area contributed by atoms with Crippen molar-refractivity contribution in [2.24, 2.45) is 33.7 Å². The number of hydrogen-bond donors (Lipinski definition) is 1. The third-order valence-electron chi connectivity index (χ3n) is 8.50. The minimum atomic E-state index is -0.241. The summed E-state index contributed by atoms with van der Waals surface area (Å²) in [5.41, 5.74) is 1.06. The second-order valence-electron chi connectivity index (χ2n) is 9.82. The molecule has 0 spiro atoms. The highest BCUT2D eigenvalue weighted by molar-refractivity contribution is 5.72. The van der Waals surface area contributed by atoms with Crippen molar-refractivity contribution in [2.45, 2.75) is 84.3 Å². The predicted molar refractivity (Wildman–Crippen MR) is 107 cm³/mol. The lowest BCUT2D eigenvalue weighted by Gasteiger charge is -2.57. The van der Waals surface area contributed by atoms with Crippen molar-refractivity contribution in [3.8, 4) is 0 Å². The fourth-order valence-corrected chi connectivity index (χ4v) is 7.36. The summed E-state index contributed by atoms with van der Waals surface area (Å²) in [6, 6.07) is 0. The highest BCUT2D eigenvalue weighted by Gasteiger charge is 2.60. The summed E-state index contributed by atoms with van der Waals surface area (Å²) in [5, 5.41) is 13.1. The molecule has 29 heavy (non-hydrogen) atoms. The van der Waals surface area contributed by atoms with Gasteiger partial charge in [0, 0.05) is 31.1 Å². The average Bonchev–Trinajstić information content (AvgIpc) is 2.97. The van der Waals surface area contributed by atoms with E-state index in [1.807, 2.05) is 0 Å². The predicted octanol–water partition coefficient (Wildman–Crippen LogP) is 4.25. The van der Waals surface area contributed by atoms with E-state index >= 15 is 0 Å². The van der Waals surface area contributed by atoms with E-state index < -0.39 is 0 Å². The Labute approximate surface area is 172 Å². The SMILES string of the molecule is CC(=O)O[C@H]1CC[C@@]2(C=NO)C(=CC[C@H]3[C@@H]4CC[C@H](OC(C)=O)[C@@]4(C)CC[C@@H]32)C1. The van der Waals surface area contributed by atoms with E-state index in [0.29, 0.717) is 17.8 Å². The van der Waals surface area contributed by atoms with Gasteiger partial charge in [0.05, 0.1) is 6.21 Å². The van der Waals surface area contributed by atoms with Gasteiger partial charge in [-0.25, -0.2) is 0 Å². The Balaban J connectivity index is 1.62. The molecule has 4 rings (SSSR count). The van der Waals surface area contributed by atoms with Gasteiger partial charge in [-0.3, -0.25) is 9.59 Å². The van der Waals surface area contributed by atoms with Gasteiger partial charge in [0.15, 0.2) is 0 Å². The first-order valence-electron chi connectivity index (χ1n) is 11.0. The molecule has 0 unspecified atom stereocenters. The summed E-state index contributed by atoms with van der Waals surface area (Å²) < 4.78 is 11.2. The van der Waals surface area contributed by atoms with E-state index in [9.17, 15) is 14.8 Å². The van der Waals surface area contributed by atoms with E-state index in [0.717, 1.165) is 51.4 Å². The Kier molecular flexibility index (Phi) is 5.24. The molecular formula is C23H33NO5. The lowest BCUT2D eigenvalue weighted by atomic mass is 9.47. The van der Waals surface area contributed by atoms with Gasteiger partial charge in [-0.2, -0.15) is 0 Å². The normalized spacial score (nSPS) is 43.7. The quantitative estimate of drug-likeness (QED) is 0.250. The van der Waals surface area contributed by atoms with Crippen LogP contribution in [0.1, 0.15) is 72.1 Å². The van der Waals surface area contributed by atoms with Crippen molar-refractivity contribution in [3.63, 3.8) is 0 Å². The fraction of sp³-hybridized carbons (Fsp3) is 0.783. The number of fused-ring (bicyclic) bond motifs is 5. The van der Waals surface area contributed by atoms with Crippen molar-refractivity contribution < 1.29 is 24.3 Å². The summed E-state index contributed by atoms with van der Waals surface area (Å²) in [5.74, 6) is 1.02. The molecule has 0 aliphatic heterocycles. The molecule has 1 N–H and O–H groups in total. The maximum absolute atomic E-state index is 11.6. The van der Waals surface area contributed by atoms with Crippen molar-refractivity contribution in [1.82, 2.24) is 0 Å². The number of carbonyl (C=O) groups excluding carboxylic acids is 2. The molecule has 7 atom stereocenters. The number of rotatable bonds is 3. The number of esters is 2. The van der Waals surface area contributed by atoms with Crippen molar-refractivity contribution in [2.75, 3.05) is 0 Å². The zero-order valence-electron chi connectivity index (χ0n) is 17.7. The standard InChI is InChI=1S/C23H33NO5/c1-14(25)28-17-8-11-23(13-24-27)16(12-17)4-5-18-19-6-7-21(29-15(2)26)22(19,3)10-9-20(18)23/h4,13,17-21,27H,5-12H2,1-3H3/t17-,18-,19-,20-,21-,22-,23+/m0/s1. The Morgan fingerprint density at radius 3 is 2.55 bits per heavy atom. The van der Waals surface area contributed by atoms with Crippen molar-refractivity contribution in [1.29, 1.82) is 0 Å². The second kappa shape index (κ2) is 7.44. The zero-order chi connectivity index (χ0) is 20.8. The van der Waals surface area contributed by atoms with Crippen molar-refractivity contribution >= 4 is 18.2 Å². The maximum atomic E-state index is 11.6. The van der Waals surface area contributed by atoms with Crippen LogP contribution in [-0.4, -0.2) is 35.6 Å². The topological polar surface area (TPSA) is 85.2 Å². The Bertz CT molecular complexity index is 746. The summed E-state index contributed by atoms with van der Waals surface area (Å²) in [6.45, 7) is 5.27. The van der Waals surface area contributed by atoms with Crippen LogP contribution in [0.25, 0.3) is 0 Å². The van der Waals surface area contributed by atoms with Gasteiger partial charge >= 0.3 is 11.9 Å². The van der Waals surface area contributed by atoms with Crippen LogP contribution in [0.5, 0.6) is 0 Å². The van der Waals surface area contributed by atoms with Crippen LogP contribution >= 0.6 is 0 Å². The molecule has 0 aromatic rings. The van der Waals surface area contributed by atoms with Crippen LogP contribution in [0, 0.1) is 28.6 Å². The van der Waals surface area contributed by atoms with E-state index in [2.05, 4.69) is 18.2 Å². The van der Waals surface area contributed by atoms with Gasteiger partial charge < -0.3 is 14.7 Å². The van der Waals surface area contributed by atoms with Gasteiger partial charge in [0.2, 0.25) is 0 Å². The first-order chi connectivity index (χ1) is 13.8. The molecule has 0 aromatic carbocycles. The lowest BCUT2D eigenvalue weighted by molar-refractivity contribution is -0.156. The minimum Gasteiger partial charge on any atom is -0.462 e. The Hall–Kier alpha value is -1.85. The average molecular weight is 404 g/mol. The molecule has 3 fully saturated rings. The summed E-state index contributed by atoms with van der Waals surface area (Å²) >= 11 is 0. The van der Waals surface area contributed by atoms with Gasteiger partial charge in [-0.15, -0.1) is 5.16 Å². The maximum Gasteiger partial charge on any atom is 0.302 e. The molecule has 0 amide bonds. The van der Waals surface area contributed by atoms with Crippen LogP contribution in [0.4, 0.5) is 0 Å². The first-order valence-corrected chi connectivity index (χ1v) is 11.0. The van der Waals surface area contributed by atoms with Gasteiger partial charge in [0.25, 0.3) is 0 Å². The number of nitrogens with zero attached hydrogens (tertiary/aromatic N) is 1. The molecule has 6 nitrogen and oxygen atoms in total. The van der Waals surface area contributed by atoms with Gasteiger partial charge in [0.1, 0.15) is 12.2 Å². The number of oxime groups is 1. The monoisotopic (exact) mass is 403 g/mol. The number of carbonyl (C=O) groups is 2. The summed E-state index contributed by atoms with van der Waals surface area (Å²) in [6.07, 6.45) is 11.5. The molecule has 0 heterocycles. The van der Waals surface area contributed by atoms with Crippen LogP contribution in [-0.2, 0) is 19.1 Å². The van der Waals surface area contributed by atoms with Crippen LogP contribution in [0.2, 0.25) is 0 Å². The molecule has 3 saturated carbocycles. The number of hydrogen-bond acceptors (Lipinski definition) is 6. The molecule has 6 heteroatoms. The molecule has 0 aromatic heterocycles. The second-order valence-corrected chi connectivity index (χ2v) is 9.82. The number of ether oxygens (including phenoxy) is 2. The van der Waals surface area contributed by atoms with Gasteiger partial charge in [-0.05, 0) is 62.7 Å². The molecule has 0 bridgehead atoms. The van der Waals surface area contributed by atoms with E-state index in [4.69, 9.17) is 9.47 Å². The molecule has 0 saturated heterocycles. The van der Waals surface area contributed by atoms with E-state index in [1.54, 1.807) is 6.21 Å². The van der Waals surface area contributed by atoms with E-state index in [1.165, 1.54) is 19.4 Å². The molecular weight excluding hydrogens is 370 g/mol. The smallest absolute Gasteiger partial charge is 0.302 e. The molecule has 4 aliphatic carbocycles. The summed E-state index contributed by atoms with van der Waals surface area (Å²) in [4.78, 5) is 23.0. The third-order valence-corrected chi connectivity index (χ3v) is 8.50. The van der Waals surface area contributed by atoms with Crippen LogP contribution in [0.15, 0.2) is 16.8 Å². The van der Waals surface area contributed by atoms with Crippen LogP contribution in [0.3, 0.4) is 0 Å². The van der Waals surface area contributed by atoms with Crippen LogP contribution < -0.4 is 0 Å². The highest BCUT2D eigenvalue weighted by atomic mass is 16.5. The van der Waals surface area contributed by atoms with E-state index in [-0.39, 0.29) is 35.0 Å². The summed E-state index contributed by atoms with van der Waals surface area (Å²) in [7, 11) is 0. The largest absolute Gasteiger partial charge is 0.462 e. The number of allylic oxidation sites excluding steroid dienone is 1. The highest BCUT2D eigenvalue weighted by Crippen LogP contribution is 2.65. The molecule has 4 aliphatic rings.